The van der Waals surface area contributed by atoms with Crippen LogP contribution in [0.15, 0.2) is 101 Å². The number of carboxylic acid groups (broad SMARTS) is 1. The van der Waals surface area contributed by atoms with Gasteiger partial charge in [0.2, 0.25) is 5.89 Å². The van der Waals surface area contributed by atoms with E-state index in [2.05, 4.69) is 15.0 Å². The largest absolute Gasteiger partial charge is 0.493 e. The molecule has 3 aromatic carbocycles. The molecule has 1 saturated heterocycles. The van der Waals surface area contributed by atoms with Crippen LogP contribution in [-0.2, 0) is 27.2 Å². The van der Waals surface area contributed by atoms with Crippen molar-refractivity contribution in [1.82, 2.24) is 9.88 Å². The van der Waals surface area contributed by atoms with Crippen LogP contribution in [0.2, 0.25) is 0 Å². The highest BCUT2D eigenvalue weighted by Crippen LogP contribution is 2.29. The van der Waals surface area contributed by atoms with Crippen molar-refractivity contribution in [3.63, 3.8) is 0 Å². The van der Waals surface area contributed by atoms with E-state index in [-0.39, 0.29) is 37.0 Å². The van der Waals surface area contributed by atoms with E-state index in [0.29, 0.717) is 43.4 Å². The Morgan fingerprint density at radius 1 is 1.00 bits per heavy atom. The molecule has 1 fully saturated rings. The number of ether oxygens (including phenoxy) is 2. The minimum atomic E-state index is -0.917. The van der Waals surface area contributed by atoms with Crippen LogP contribution < -0.4 is 9.47 Å². The van der Waals surface area contributed by atoms with E-state index in [4.69, 9.17) is 19.4 Å². The van der Waals surface area contributed by atoms with Crippen LogP contribution in [0.5, 0.6) is 11.5 Å². The average molecular weight is 654 g/mol. The van der Waals surface area contributed by atoms with Gasteiger partial charge in [-0.25, -0.2) is 9.78 Å². The van der Waals surface area contributed by atoms with Gasteiger partial charge in [0.1, 0.15) is 28.8 Å². The Kier molecular flexibility index (Phi) is 12.9. The normalized spacial score (nSPS) is 15.0. The number of rotatable bonds is 13. The standard InChI is InChI=1S/C30H28N2O6.C5H7N3O2/c33-29(34)27-20-32(30(35)38-24-11-5-2-6-12-24)19-23(27)16-21-8-7-13-25(17-21)36-15-14-26-18-31-28(37-26)22-9-3-1-4-10-22;1-4(9)2-5(10)3-7-8-6/h1-13,17-18,23,27H,14-16,19-20H2,(H,33,34);2-3H2,1H3/t23-,27+;/m1./s1. The van der Waals surface area contributed by atoms with Gasteiger partial charge < -0.3 is 23.9 Å². The summed E-state index contributed by atoms with van der Waals surface area (Å²) in [6.45, 7) is 1.92. The van der Waals surface area contributed by atoms with E-state index < -0.39 is 18.0 Å². The number of carboxylic acids is 1. The fraction of sp³-hybridized carbons (Fsp3) is 0.286. The molecule has 2 atom stereocenters. The zero-order valence-corrected chi connectivity index (χ0v) is 26.3. The van der Waals surface area contributed by atoms with Crippen molar-refractivity contribution < 1.29 is 38.2 Å². The number of nitrogens with zero attached hydrogens (tertiary/aromatic N) is 5. The molecular formula is C35H35N5O8. The van der Waals surface area contributed by atoms with Crippen LogP contribution in [0, 0.1) is 11.8 Å². The second-order valence-corrected chi connectivity index (χ2v) is 11.0. The number of likely N-dealkylation sites (tertiary alicyclic amines) is 1. The van der Waals surface area contributed by atoms with Crippen LogP contribution in [0.25, 0.3) is 21.9 Å². The number of aliphatic carboxylic acids is 1. The maximum Gasteiger partial charge on any atom is 0.415 e. The number of oxazole rings is 1. The molecule has 13 heteroatoms. The van der Waals surface area contributed by atoms with Crippen molar-refractivity contribution in [2.24, 2.45) is 17.0 Å². The molecule has 248 valence electrons. The van der Waals surface area contributed by atoms with E-state index in [1.807, 2.05) is 60.7 Å². The third-order valence-electron chi connectivity index (χ3n) is 7.31. The second kappa shape index (κ2) is 17.7. The maximum atomic E-state index is 12.6. The molecule has 4 aromatic rings. The van der Waals surface area contributed by atoms with Crippen LogP contribution in [0.3, 0.4) is 0 Å². The van der Waals surface area contributed by atoms with Gasteiger partial charge in [0.15, 0.2) is 0 Å². The van der Waals surface area contributed by atoms with Crippen molar-refractivity contribution in [2.75, 3.05) is 26.2 Å². The first kappa shape index (κ1) is 34.9. The van der Waals surface area contributed by atoms with Crippen LogP contribution in [-0.4, -0.2) is 64.9 Å². The lowest BCUT2D eigenvalue weighted by atomic mass is 9.90. The summed E-state index contributed by atoms with van der Waals surface area (Å²) >= 11 is 0. The molecule has 0 saturated carbocycles. The summed E-state index contributed by atoms with van der Waals surface area (Å²) in [6, 6.07) is 26.1. The predicted octanol–water partition coefficient (Wildman–Crippen LogP) is 6.18. The highest BCUT2D eigenvalue weighted by molar-refractivity contribution is 5.98. The molecular weight excluding hydrogens is 618 g/mol. The number of ketones is 2. The van der Waals surface area contributed by atoms with Crippen molar-refractivity contribution in [3.05, 3.63) is 113 Å². The fourth-order valence-electron chi connectivity index (χ4n) is 5.08. The van der Waals surface area contributed by atoms with Gasteiger partial charge in [-0.1, -0.05) is 53.6 Å². The lowest BCUT2D eigenvalue weighted by Crippen LogP contribution is -2.32. The molecule has 0 spiro atoms. The van der Waals surface area contributed by atoms with Gasteiger partial charge >= 0.3 is 12.1 Å². The molecule has 2 heterocycles. The number of benzene rings is 3. The number of aromatic nitrogens is 1. The predicted molar refractivity (Wildman–Crippen MR) is 174 cm³/mol. The summed E-state index contributed by atoms with van der Waals surface area (Å²) in [5.41, 5.74) is 9.64. The lowest BCUT2D eigenvalue weighted by Gasteiger charge is -2.16. The average Bonchev–Trinajstić information content (AvgIpc) is 3.73. The monoisotopic (exact) mass is 653 g/mol. The Labute approximate surface area is 276 Å². The smallest absolute Gasteiger partial charge is 0.415 e. The first-order chi connectivity index (χ1) is 23.2. The molecule has 1 aliphatic heterocycles. The summed E-state index contributed by atoms with van der Waals surface area (Å²) in [4.78, 5) is 53.6. The summed E-state index contributed by atoms with van der Waals surface area (Å²) in [7, 11) is 0. The molecule has 1 aliphatic rings. The van der Waals surface area contributed by atoms with E-state index in [1.165, 1.54) is 11.8 Å². The van der Waals surface area contributed by atoms with Gasteiger partial charge in [0.05, 0.1) is 31.7 Å². The highest BCUT2D eigenvalue weighted by Gasteiger charge is 2.40. The van der Waals surface area contributed by atoms with Gasteiger partial charge in [0.25, 0.3) is 0 Å². The molecule has 0 bridgehead atoms. The van der Waals surface area contributed by atoms with Gasteiger partial charge in [-0.15, -0.1) is 0 Å². The zero-order chi connectivity index (χ0) is 34.3. The van der Waals surface area contributed by atoms with Crippen molar-refractivity contribution >= 4 is 23.6 Å². The Morgan fingerprint density at radius 3 is 2.40 bits per heavy atom. The molecule has 1 N–H and O–H groups in total. The number of hydrogen-bond donors (Lipinski definition) is 1. The Hall–Kier alpha value is -5.94. The van der Waals surface area contributed by atoms with Gasteiger partial charge in [-0.05, 0) is 66.8 Å². The Bertz CT molecular complexity index is 1730. The van der Waals surface area contributed by atoms with E-state index in [1.54, 1.807) is 30.5 Å². The van der Waals surface area contributed by atoms with E-state index >= 15 is 0 Å². The molecule has 48 heavy (non-hydrogen) atoms. The molecule has 1 amide bonds. The highest BCUT2D eigenvalue weighted by atomic mass is 16.6. The summed E-state index contributed by atoms with van der Waals surface area (Å²) in [5, 5.41) is 12.8. The summed E-state index contributed by atoms with van der Waals surface area (Å²) < 4.78 is 17.2. The molecule has 0 aliphatic carbocycles. The minimum Gasteiger partial charge on any atom is -0.493 e. The van der Waals surface area contributed by atoms with Crippen LogP contribution in [0.1, 0.15) is 24.7 Å². The number of carbonyl (C=O) groups excluding carboxylic acids is 3. The van der Waals surface area contributed by atoms with Crippen molar-refractivity contribution in [1.29, 1.82) is 0 Å². The van der Waals surface area contributed by atoms with Crippen molar-refractivity contribution in [2.45, 2.75) is 26.2 Å². The number of azide groups is 1. The topological polar surface area (TPSA) is 185 Å². The maximum absolute atomic E-state index is 12.6. The lowest BCUT2D eigenvalue weighted by molar-refractivity contribution is -0.142. The molecule has 13 nitrogen and oxygen atoms in total. The Morgan fingerprint density at radius 2 is 1.71 bits per heavy atom. The molecule has 5 rings (SSSR count). The minimum absolute atomic E-state index is 0.115. The van der Waals surface area contributed by atoms with Crippen LogP contribution in [0.4, 0.5) is 4.79 Å². The first-order valence-electron chi connectivity index (χ1n) is 15.2. The number of hydrogen-bond acceptors (Lipinski definition) is 9. The SMILES string of the molecule is CC(=O)CC(=O)CN=[N+]=[N-].O=C(O)[C@H]1CN(C(=O)Oc2ccccc2)C[C@H]1Cc1cccc(OCCc2cnc(-c3ccccc3)o2)c1. The quantitative estimate of drug-likeness (QED) is 0.0761. The number of amides is 1. The van der Waals surface area contributed by atoms with E-state index in [0.717, 1.165) is 16.9 Å². The van der Waals surface area contributed by atoms with Crippen LogP contribution >= 0.6 is 0 Å². The third kappa shape index (κ3) is 10.8. The molecule has 1 aromatic heterocycles. The first-order valence-corrected chi connectivity index (χ1v) is 15.2. The summed E-state index contributed by atoms with van der Waals surface area (Å²) in [5.74, 6) is 0.0500. The summed E-state index contributed by atoms with van der Waals surface area (Å²) in [6.07, 6.45) is 2.10. The molecule has 0 unspecified atom stereocenters. The second-order valence-electron chi connectivity index (χ2n) is 11.0. The van der Waals surface area contributed by atoms with Gasteiger partial charge in [-0.2, -0.15) is 0 Å². The van der Waals surface area contributed by atoms with Crippen molar-refractivity contribution in [3.8, 4) is 23.0 Å². The number of carbonyl (C=O) groups is 4. The van der Waals surface area contributed by atoms with Gasteiger partial charge in [0, 0.05) is 30.0 Å². The zero-order valence-electron chi connectivity index (χ0n) is 26.3. The molecule has 0 radical (unpaired) electrons. The fourth-order valence-corrected chi connectivity index (χ4v) is 5.08. The third-order valence-corrected chi connectivity index (χ3v) is 7.31. The Balaban J connectivity index is 0.000000453. The number of Topliss-reactive ketones (excluding diaryl/α,β-unsaturated/α-hetero) is 2. The van der Waals surface area contributed by atoms with E-state index in [9.17, 15) is 24.3 Å². The number of para-hydroxylation sites is 1. The van der Waals surface area contributed by atoms with Gasteiger partial charge in [-0.3, -0.25) is 14.4 Å².